The van der Waals surface area contributed by atoms with Crippen LogP contribution in [0.1, 0.15) is 16.7 Å². The minimum Gasteiger partial charge on any atom is -0.481 e. The van der Waals surface area contributed by atoms with Crippen LogP contribution in [0.4, 0.5) is 11.4 Å². The lowest BCUT2D eigenvalue weighted by Crippen LogP contribution is -2.35. The fourth-order valence-corrected chi connectivity index (χ4v) is 3.56. The first-order valence-corrected chi connectivity index (χ1v) is 10.3. The highest BCUT2D eigenvalue weighted by Gasteiger charge is 2.34. The molecule has 1 N–H and O–H groups in total. The van der Waals surface area contributed by atoms with Crippen LogP contribution >= 0.6 is 11.6 Å². The molecule has 2 amide bonds. The lowest BCUT2D eigenvalue weighted by atomic mass is 10.1. The van der Waals surface area contributed by atoms with Crippen LogP contribution in [0.2, 0.25) is 5.02 Å². The smallest absolute Gasteiger partial charge is 0.313 e. The largest absolute Gasteiger partial charge is 0.481 e. The zero-order valence-electron chi connectivity index (χ0n) is 17.4. The van der Waals surface area contributed by atoms with Gasteiger partial charge in [-0.2, -0.15) is 0 Å². The van der Waals surface area contributed by atoms with Gasteiger partial charge in [-0.15, -0.1) is 0 Å². The summed E-state index contributed by atoms with van der Waals surface area (Å²) in [6.45, 7) is 2.04. The van der Waals surface area contributed by atoms with E-state index >= 15 is 0 Å². The molecule has 33 heavy (non-hydrogen) atoms. The first kappa shape index (κ1) is 22.0. The van der Waals surface area contributed by atoms with E-state index in [0.29, 0.717) is 5.69 Å². The van der Waals surface area contributed by atoms with Crippen LogP contribution in [0.5, 0.6) is 5.75 Å². The molecule has 1 heterocycles. The van der Waals surface area contributed by atoms with E-state index in [-0.39, 0.29) is 34.2 Å². The van der Waals surface area contributed by atoms with E-state index in [1.807, 2.05) is 31.2 Å². The Morgan fingerprint density at radius 2 is 1.79 bits per heavy atom. The van der Waals surface area contributed by atoms with Crippen molar-refractivity contribution in [3.05, 3.63) is 104 Å². The minimum absolute atomic E-state index is 0.00562. The summed E-state index contributed by atoms with van der Waals surface area (Å²) in [5.74, 6) is -1.29. The molecule has 1 aliphatic rings. The van der Waals surface area contributed by atoms with Crippen LogP contribution in [-0.2, 0) is 16.2 Å². The fourth-order valence-electron chi connectivity index (χ4n) is 3.28. The standard InChI is InChI=1S/C24H18ClN3O5/c1-15-7-9-16(10-8-15)14-33-22-20(25)12-17(13-21(22)28(31)32)11-19-23(29)26-27(24(19)30)18-5-3-2-4-6-18/h2-13H,14H2,1H3,(H,26,29)/b19-11-. The number of nitrogens with one attached hydrogen (secondary N) is 1. The van der Waals surface area contributed by atoms with Gasteiger partial charge in [-0.3, -0.25) is 25.1 Å². The molecule has 0 saturated carbocycles. The number of carbonyl (C=O) groups excluding carboxylic acids is 2. The molecule has 8 nitrogen and oxygen atoms in total. The molecule has 0 aliphatic carbocycles. The summed E-state index contributed by atoms with van der Waals surface area (Å²) in [5, 5.41) is 12.8. The Kier molecular flexibility index (Phi) is 6.10. The van der Waals surface area contributed by atoms with Gasteiger partial charge in [0.25, 0.3) is 11.8 Å². The molecule has 0 radical (unpaired) electrons. The third-order valence-corrected chi connectivity index (χ3v) is 5.24. The average Bonchev–Trinajstić information content (AvgIpc) is 3.08. The highest BCUT2D eigenvalue weighted by atomic mass is 35.5. The van der Waals surface area contributed by atoms with Gasteiger partial charge >= 0.3 is 5.69 Å². The van der Waals surface area contributed by atoms with Crippen molar-refractivity contribution in [3.8, 4) is 5.75 Å². The molecule has 1 saturated heterocycles. The molecular weight excluding hydrogens is 446 g/mol. The summed E-state index contributed by atoms with van der Waals surface area (Å²) < 4.78 is 5.65. The van der Waals surface area contributed by atoms with Gasteiger partial charge in [0.2, 0.25) is 5.75 Å². The Balaban J connectivity index is 1.63. The number of hydrogen-bond acceptors (Lipinski definition) is 5. The Morgan fingerprint density at radius 1 is 1.09 bits per heavy atom. The monoisotopic (exact) mass is 463 g/mol. The maximum absolute atomic E-state index is 12.8. The number of nitrogens with zero attached hydrogens (tertiary/aromatic N) is 2. The van der Waals surface area contributed by atoms with Crippen molar-refractivity contribution < 1.29 is 19.2 Å². The Bertz CT molecular complexity index is 1270. The summed E-state index contributed by atoms with van der Waals surface area (Å²) in [5.41, 5.74) is 4.56. The normalized spacial score (nSPS) is 14.5. The fraction of sp³-hybridized carbons (Fsp3) is 0.0833. The van der Waals surface area contributed by atoms with Crippen molar-refractivity contribution in [3.63, 3.8) is 0 Å². The lowest BCUT2D eigenvalue weighted by Gasteiger charge is -2.13. The average molecular weight is 464 g/mol. The second kappa shape index (κ2) is 9.13. The molecule has 3 aromatic carbocycles. The van der Waals surface area contributed by atoms with Crippen LogP contribution in [0, 0.1) is 17.0 Å². The third-order valence-electron chi connectivity index (χ3n) is 4.96. The number of nitro benzene ring substituents is 1. The number of benzene rings is 3. The quantitative estimate of drug-likeness (QED) is 0.249. The van der Waals surface area contributed by atoms with Crippen LogP contribution in [-0.4, -0.2) is 16.7 Å². The maximum atomic E-state index is 12.8. The topological polar surface area (TPSA) is 102 Å². The van der Waals surface area contributed by atoms with Crippen molar-refractivity contribution in [1.29, 1.82) is 0 Å². The maximum Gasteiger partial charge on any atom is 0.313 e. The second-order valence-electron chi connectivity index (χ2n) is 7.36. The number of rotatable bonds is 6. The van der Waals surface area contributed by atoms with Crippen LogP contribution in [0.15, 0.2) is 72.3 Å². The third kappa shape index (κ3) is 4.70. The lowest BCUT2D eigenvalue weighted by molar-refractivity contribution is -0.385. The molecule has 1 fully saturated rings. The summed E-state index contributed by atoms with van der Waals surface area (Å²) in [6.07, 6.45) is 1.27. The van der Waals surface area contributed by atoms with Crippen molar-refractivity contribution in [2.75, 3.05) is 5.01 Å². The summed E-state index contributed by atoms with van der Waals surface area (Å²) in [7, 11) is 0. The van der Waals surface area contributed by atoms with Crippen molar-refractivity contribution in [2.24, 2.45) is 0 Å². The van der Waals surface area contributed by atoms with E-state index in [1.165, 1.54) is 18.2 Å². The second-order valence-corrected chi connectivity index (χ2v) is 7.76. The molecule has 1 aliphatic heterocycles. The Hall–Kier alpha value is -4.17. The number of hydrogen-bond donors (Lipinski definition) is 1. The number of hydrazine groups is 1. The van der Waals surface area contributed by atoms with Gasteiger partial charge in [0.15, 0.2) is 0 Å². The molecule has 0 unspecified atom stereocenters. The highest BCUT2D eigenvalue weighted by Crippen LogP contribution is 2.37. The predicted octanol–water partition coefficient (Wildman–Crippen LogP) is 4.60. The number of para-hydroxylation sites is 1. The molecule has 0 bridgehead atoms. The summed E-state index contributed by atoms with van der Waals surface area (Å²) in [4.78, 5) is 36.2. The zero-order valence-corrected chi connectivity index (χ0v) is 18.2. The highest BCUT2D eigenvalue weighted by molar-refractivity contribution is 6.33. The van der Waals surface area contributed by atoms with E-state index in [4.69, 9.17) is 16.3 Å². The van der Waals surface area contributed by atoms with Gasteiger partial charge in [-0.1, -0.05) is 59.6 Å². The van der Waals surface area contributed by atoms with Crippen molar-refractivity contribution >= 4 is 40.9 Å². The van der Waals surface area contributed by atoms with Crippen molar-refractivity contribution in [2.45, 2.75) is 13.5 Å². The van der Waals surface area contributed by atoms with Crippen LogP contribution in [0.3, 0.4) is 0 Å². The minimum atomic E-state index is -0.623. The van der Waals surface area contributed by atoms with E-state index in [9.17, 15) is 19.7 Å². The van der Waals surface area contributed by atoms with Gasteiger partial charge < -0.3 is 4.74 Å². The van der Waals surface area contributed by atoms with Crippen LogP contribution < -0.4 is 15.2 Å². The first-order chi connectivity index (χ1) is 15.8. The molecule has 166 valence electrons. The number of aryl methyl sites for hydroxylation is 1. The number of amides is 2. The molecular formula is C24H18ClN3O5. The SMILES string of the molecule is Cc1ccc(COc2c(Cl)cc(/C=C3/C(=O)NN(c4ccccc4)C3=O)cc2[N+](=O)[O-])cc1. The van der Waals surface area contributed by atoms with Gasteiger partial charge in [0.05, 0.1) is 15.6 Å². The Labute approximate surface area is 194 Å². The van der Waals surface area contributed by atoms with Gasteiger partial charge in [0.1, 0.15) is 12.2 Å². The number of anilines is 1. The van der Waals surface area contributed by atoms with E-state index in [2.05, 4.69) is 5.43 Å². The molecule has 0 aromatic heterocycles. The molecule has 0 atom stereocenters. The van der Waals surface area contributed by atoms with E-state index < -0.39 is 16.7 Å². The van der Waals surface area contributed by atoms with E-state index in [0.717, 1.165) is 16.1 Å². The number of ether oxygens (including phenoxy) is 1. The van der Waals surface area contributed by atoms with Gasteiger partial charge in [0, 0.05) is 6.07 Å². The molecule has 4 rings (SSSR count). The summed E-state index contributed by atoms with van der Waals surface area (Å²) >= 11 is 6.30. The Morgan fingerprint density at radius 3 is 2.45 bits per heavy atom. The van der Waals surface area contributed by atoms with Crippen molar-refractivity contribution in [1.82, 2.24) is 5.43 Å². The zero-order chi connectivity index (χ0) is 23.5. The van der Waals surface area contributed by atoms with Gasteiger partial charge in [-0.25, -0.2) is 5.01 Å². The molecule has 3 aromatic rings. The summed E-state index contributed by atoms with van der Waals surface area (Å²) in [6, 6.07) is 18.8. The van der Waals surface area contributed by atoms with E-state index in [1.54, 1.807) is 30.3 Å². The first-order valence-electron chi connectivity index (χ1n) is 9.92. The number of nitro groups is 1. The predicted molar refractivity (Wildman–Crippen MR) is 124 cm³/mol. The number of halogens is 1. The van der Waals surface area contributed by atoms with Crippen LogP contribution in [0.25, 0.3) is 6.08 Å². The number of carbonyl (C=O) groups is 2. The molecule has 0 spiro atoms. The molecule has 9 heteroatoms. The van der Waals surface area contributed by atoms with Gasteiger partial charge in [-0.05, 0) is 42.3 Å².